The Labute approximate surface area is 123 Å². The fourth-order valence-electron chi connectivity index (χ4n) is 1.79. The number of sulfonamides is 1. The number of ether oxygens (including phenoxy) is 1. The minimum atomic E-state index is -3.89. The number of anilines is 1. The summed E-state index contributed by atoms with van der Waals surface area (Å²) in [5, 5.41) is 8.96. The van der Waals surface area contributed by atoms with Crippen molar-refractivity contribution in [1.29, 1.82) is 5.26 Å². The van der Waals surface area contributed by atoms with E-state index in [9.17, 15) is 8.42 Å². The summed E-state index contributed by atoms with van der Waals surface area (Å²) >= 11 is 0. The Balaban J connectivity index is 2.41. The van der Waals surface area contributed by atoms with Crippen LogP contribution in [0, 0.1) is 11.3 Å². The van der Waals surface area contributed by atoms with Crippen molar-refractivity contribution in [2.24, 2.45) is 0 Å². The summed E-state index contributed by atoms with van der Waals surface area (Å²) in [5.74, 6) is 0. The van der Waals surface area contributed by atoms with Crippen molar-refractivity contribution in [3.8, 4) is 6.07 Å². The number of hydrogen-bond acceptors (Lipinski definition) is 5. The van der Waals surface area contributed by atoms with Crippen LogP contribution < -0.4 is 4.72 Å². The maximum Gasteiger partial charge on any atom is 0.264 e. The molecule has 1 aromatic heterocycles. The first-order chi connectivity index (χ1) is 10.1. The third-order valence-electron chi connectivity index (χ3n) is 2.73. The Morgan fingerprint density at radius 1 is 1.29 bits per heavy atom. The van der Waals surface area contributed by atoms with Crippen LogP contribution in [0.5, 0.6) is 0 Å². The Morgan fingerprint density at radius 3 is 2.76 bits per heavy atom. The summed E-state index contributed by atoms with van der Waals surface area (Å²) in [6.07, 6.45) is 1.37. The van der Waals surface area contributed by atoms with Gasteiger partial charge in [-0.1, -0.05) is 18.2 Å². The first-order valence-electron chi connectivity index (χ1n) is 6.03. The van der Waals surface area contributed by atoms with Gasteiger partial charge in [-0.15, -0.1) is 0 Å². The second kappa shape index (κ2) is 6.35. The van der Waals surface area contributed by atoms with Gasteiger partial charge in [0.05, 0.1) is 12.3 Å². The van der Waals surface area contributed by atoms with Gasteiger partial charge in [-0.25, -0.2) is 13.4 Å². The van der Waals surface area contributed by atoms with E-state index in [1.807, 2.05) is 0 Å². The molecule has 1 N–H and O–H groups in total. The standard InChI is InChI=1S/C14H13N3O3S/c1-20-10-11-5-2-3-6-12(11)17-21(18,19)14-7-4-8-16-13(14)9-15/h2-8,17H,10H2,1H3. The van der Waals surface area contributed by atoms with Crippen LogP contribution in [-0.4, -0.2) is 20.5 Å². The molecule has 21 heavy (non-hydrogen) atoms. The maximum absolute atomic E-state index is 12.4. The molecule has 0 spiro atoms. The number of nitriles is 1. The fourth-order valence-corrected chi connectivity index (χ4v) is 3.00. The molecule has 0 saturated carbocycles. The predicted molar refractivity (Wildman–Crippen MR) is 76.9 cm³/mol. The minimum absolute atomic E-state index is 0.144. The molecule has 0 aliphatic rings. The molecule has 1 aromatic carbocycles. The number of hydrogen-bond donors (Lipinski definition) is 1. The van der Waals surface area contributed by atoms with Crippen molar-refractivity contribution >= 4 is 15.7 Å². The quantitative estimate of drug-likeness (QED) is 0.910. The van der Waals surface area contributed by atoms with Crippen molar-refractivity contribution < 1.29 is 13.2 Å². The third kappa shape index (κ3) is 3.37. The topological polar surface area (TPSA) is 92.1 Å². The van der Waals surface area contributed by atoms with Crippen LogP contribution in [0.2, 0.25) is 0 Å². The Bertz CT molecular complexity index is 782. The molecule has 2 rings (SSSR count). The lowest BCUT2D eigenvalue weighted by Crippen LogP contribution is -2.16. The van der Waals surface area contributed by atoms with Crippen molar-refractivity contribution in [1.82, 2.24) is 4.98 Å². The number of pyridine rings is 1. The van der Waals surface area contributed by atoms with Gasteiger partial charge in [-0.3, -0.25) is 4.72 Å². The second-order valence-electron chi connectivity index (χ2n) is 4.16. The SMILES string of the molecule is COCc1ccccc1NS(=O)(=O)c1cccnc1C#N. The minimum Gasteiger partial charge on any atom is -0.380 e. The van der Waals surface area contributed by atoms with E-state index >= 15 is 0 Å². The highest BCUT2D eigenvalue weighted by Gasteiger charge is 2.20. The van der Waals surface area contributed by atoms with E-state index in [1.54, 1.807) is 30.3 Å². The number of benzene rings is 1. The van der Waals surface area contributed by atoms with Gasteiger partial charge < -0.3 is 4.74 Å². The Kier molecular flexibility index (Phi) is 4.52. The number of para-hydroxylation sites is 1. The molecular formula is C14H13N3O3S. The van der Waals surface area contributed by atoms with E-state index in [1.165, 1.54) is 25.4 Å². The zero-order valence-corrected chi connectivity index (χ0v) is 12.1. The first kappa shape index (κ1) is 15.0. The van der Waals surface area contributed by atoms with Crippen molar-refractivity contribution in [3.63, 3.8) is 0 Å². The molecule has 0 saturated heterocycles. The second-order valence-corrected chi connectivity index (χ2v) is 5.81. The molecule has 1 heterocycles. The summed E-state index contributed by atoms with van der Waals surface area (Å²) in [6, 6.07) is 11.5. The smallest absolute Gasteiger partial charge is 0.264 e. The molecule has 6 nitrogen and oxygen atoms in total. The van der Waals surface area contributed by atoms with Crippen LogP contribution in [0.25, 0.3) is 0 Å². The summed E-state index contributed by atoms with van der Waals surface area (Å²) in [5.41, 5.74) is 0.965. The highest BCUT2D eigenvalue weighted by atomic mass is 32.2. The molecule has 2 aromatic rings. The Hall–Kier alpha value is -2.43. The molecule has 0 fully saturated rings. The van der Waals surface area contributed by atoms with E-state index in [2.05, 4.69) is 9.71 Å². The van der Waals surface area contributed by atoms with Crippen molar-refractivity contribution in [3.05, 3.63) is 53.9 Å². The number of methoxy groups -OCH3 is 1. The van der Waals surface area contributed by atoms with Gasteiger partial charge in [0.25, 0.3) is 10.0 Å². The number of aromatic nitrogens is 1. The Morgan fingerprint density at radius 2 is 2.05 bits per heavy atom. The normalized spacial score (nSPS) is 10.9. The van der Waals surface area contributed by atoms with Crippen molar-refractivity contribution in [2.45, 2.75) is 11.5 Å². The number of nitrogens with one attached hydrogen (secondary N) is 1. The van der Waals surface area contributed by atoms with Crippen LogP contribution in [0.3, 0.4) is 0 Å². The molecule has 0 unspecified atom stereocenters. The van der Waals surface area contributed by atoms with E-state index < -0.39 is 10.0 Å². The fraction of sp³-hybridized carbons (Fsp3) is 0.143. The lowest BCUT2D eigenvalue weighted by atomic mass is 10.2. The van der Waals surface area contributed by atoms with Crippen LogP contribution >= 0.6 is 0 Å². The van der Waals surface area contributed by atoms with Gasteiger partial charge in [0.15, 0.2) is 5.69 Å². The van der Waals surface area contributed by atoms with Gasteiger partial charge in [0.2, 0.25) is 0 Å². The maximum atomic E-state index is 12.4. The first-order valence-corrected chi connectivity index (χ1v) is 7.51. The van der Waals surface area contributed by atoms with Gasteiger partial charge in [0, 0.05) is 18.9 Å². The van der Waals surface area contributed by atoms with Crippen LogP contribution in [0.1, 0.15) is 11.3 Å². The molecule has 0 amide bonds. The number of nitrogens with zero attached hydrogens (tertiary/aromatic N) is 2. The van der Waals surface area contributed by atoms with Crippen LogP contribution in [0.4, 0.5) is 5.69 Å². The highest BCUT2D eigenvalue weighted by Crippen LogP contribution is 2.21. The highest BCUT2D eigenvalue weighted by molar-refractivity contribution is 7.92. The molecule has 0 bridgehead atoms. The zero-order valence-electron chi connectivity index (χ0n) is 11.3. The van der Waals surface area contributed by atoms with Gasteiger partial charge >= 0.3 is 0 Å². The summed E-state index contributed by atoms with van der Waals surface area (Å²) < 4.78 is 32.3. The number of rotatable bonds is 5. The molecule has 0 radical (unpaired) electrons. The average molecular weight is 303 g/mol. The third-order valence-corrected chi connectivity index (χ3v) is 4.12. The van der Waals surface area contributed by atoms with Gasteiger partial charge in [-0.2, -0.15) is 5.26 Å². The average Bonchev–Trinajstić information content (AvgIpc) is 2.49. The summed E-state index contributed by atoms with van der Waals surface area (Å²) in [6.45, 7) is 0.275. The largest absolute Gasteiger partial charge is 0.380 e. The molecule has 0 aliphatic carbocycles. The zero-order chi connectivity index (χ0) is 15.3. The van der Waals surface area contributed by atoms with Crippen LogP contribution in [0.15, 0.2) is 47.5 Å². The van der Waals surface area contributed by atoms with Gasteiger partial charge in [-0.05, 0) is 18.2 Å². The molecule has 108 valence electrons. The van der Waals surface area contributed by atoms with Gasteiger partial charge in [0.1, 0.15) is 11.0 Å². The van der Waals surface area contributed by atoms with E-state index in [4.69, 9.17) is 10.00 Å². The van der Waals surface area contributed by atoms with E-state index in [0.29, 0.717) is 11.3 Å². The molecular weight excluding hydrogens is 290 g/mol. The molecule has 0 aliphatic heterocycles. The molecule has 7 heteroatoms. The van der Waals surface area contributed by atoms with E-state index in [-0.39, 0.29) is 17.2 Å². The van der Waals surface area contributed by atoms with Crippen molar-refractivity contribution in [2.75, 3.05) is 11.8 Å². The summed E-state index contributed by atoms with van der Waals surface area (Å²) in [4.78, 5) is 3.61. The lowest BCUT2D eigenvalue weighted by molar-refractivity contribution is 0.185. The summed E-state index contributed by atoms with van der Waals surface area (Å²) in [7, 11) is -2.36. The van der Waals surface area contributed by atoms with E-state index in [0.717, 1.165) is 0 Å². The molecule has 0 atom stereocenters. The predicted octanol–water partition coefficient (Wildman–Crippen LogP) is 1.90. The monoisotopic (exact) mass is 303 g/mol. The van der Waals surface area contributed by atoms with Crippen LogP contribution in [-0.2, 0) is 21.4 Å². The lowest BCUT2D eigenvalue weighted by Gasteiger charge is -2.12.